The molecule has 2 aromatic carbocycles. The van der Waals surface area contributed by atoms with Crippen molar-refractivity contribution in [3.63, 3.8) is 0 Å². The number of anilines is 2. The van der Waals surface area contributed by atoms with Crippen molar-refractivity contribution in [2.24, 2.45) is 0 Å². The molecule has 0 saturated carbocycles. The number of nitrogens with one attached hydrogen (secondary N) is 2. The first kappa shape index (κ1) is 15.8. The summed E-state index contributed by atoms with van der Waals surface area (Å²) in [5.41, 5.74) is 1.93. The van der Waals surface area contributed by atoms with Gasteiger partial charge in [0.05, 0.1) is 5.52 Å². The number of fused-ring (bicyclic) bond motifs is 1. The van der Waals surface area contributed by atoms with Crippen LogP contribution in [-0.4, -0.2) is 36.1 Å². The summed E-state index contributed by atoms with van der Waals surface area (Å²) in [6.07, 6.45) is 0. The summed E-state index contributed by atoms with van der Waals surface area (Å²) in [5, 5.41) is 7.72. The zero-order valence-electron chi connectivity index (χ0n) is 13.9. The van der Waals surface area contributed by atoms with Gasteiger partial charge in [-0.2, -0.15) is 4.98 Å². The third-order valence-corrected chi connectivity index (χ3v) is 4.36. The Morgan fingerprint density at radius 1 is 1.00 bits per heavy atom. The molecule has 25 heavy (non-hydrogen) atoms. The average Bonchev–Trinajstić information content (AvgIpc) is 2.68. The van der Waals surface area contributed by atoms with E-state index in [0.717, 1.165) is 54.4 Å². The highest BCUT2D eigenvalue weighted by Gasteiger charge is 2.15. The molecule has 1 aromatic heterocycles. The van der Waals surface area contributed by atoms with Crippen LogP contribution in [0.3, 0.4) is 0 Å². The van der Waals surface area contributed by atoms with Crippen molar-refractivity contribution in [2.45, 2.75) is 6.54 Å². The van der Waals surface area contributed by atoms with Gasteiger partial charge in [-0.3, -0.25) is 0 Å². The molecule has 0 radical (unpaired) electrons. The van der Waals surface area contributed by atoms with Crippen molar-refractivity contribution in [3.8, 4) is 0 Å². The minimum absolute atomic E-state index is 0.225. The van der Waals surface area contributed by atoms with Crippen molar-refractivity contribution in [2.75, 3.05) is 36.4 Å². The molecule has 0 atom stereocenters. The highest BCUT2D eigenvalue weighted by atomic mass is 19.1. The van der Waals surface area contributed by atoms with Crippen LogP contribution in [0.15, 0.2) is 48.5 Å². The predicted octanol–water partition coefficient (Wildman–Crippen LogP) is 2.79. The van der Waals surface area contributed by atoms with Gasteiger partial charge in [0.1, 0.15) is 11.6 Å². The lowest BCUT2D eigenvalue weighted by atomic mass is 10.2. The third-order valence-electron chi connectivity index (χ3n) is 4.36. The fraction of sp³-hybridized carbons (Fsp3) is 0.263. The van der Waals surface area contributed by atoms with Gasteiger partial charge in [0, 0.05) is 38.1 Å². The lowest BCUT2D eigenvalue weighted by Crippen LogP contribution is -2.44. The van der Waals surface area contributed by atoms with E-state index >= 15 is 0 Å². The Morgan fingerprint density at radius 2 is 1.76 bits per heavy atom. The summed E-state index contributed by atoms with van der Waals surface area (Å²) in [4.78, 5) is 11.7. The third kappa shape index (κ3) is 3.53. The molecule has 4 rings (SSSR count). The van der Waals surface area contributed by atoms with Crippen molar-refractivity contribution in [1.82, 2.24) is 15.3 Å². The highest BCUT2D eigenvalue weighted by Crippen LogP contribution is 2.24. The second kappa shape index (κ2) is 7.03. The summed E-state index contributed by atoms with van der Waals surface area (Å²) < 4.78 is 13.1. The molecule has 1 aliphatic rings. The van der Waals surface area contributed by atoms with Gasteiger partial charge in [-0.1, -0.05) is 24.3 Å². The van der Waals surface area contributed by atoms with Crippen LogP contribution >= 0.6 is 0 Å². The summed E-state index contributed by atoms with van der Waals surface area (Å²) in [6.45, 7) is 4.26. The average molecular weight is 337 g/mol. The van der Waals surface area contributed by atoms with Crippen molar-refractivity contribution in [3.05, 3.63) is 59.9 Å². The Balaban J connectivity index is 1.64. The van der Waals surface area contributed by atoms with E-state index in [1.807, 2.05) is 24.3 Å². The number of piperazine rings is 1. The molecule has 1 aliphatic heterocycles. The van der Waals surface area contributed by atoms with Crippen LogP contribution in [0.1, 0.15) is 5.56 Å². The van der Waals surface area contributed by atoms with Gasteiger partial charge >= 0.3 is 0 Å². The molecule has 0 amide bonds. The van der Waals surface area contributed by atoms with Crippen LogP contribution in [-0.2, 0) is 6.54 Å². The first-order valence-corrected chi connectivity index (χ1v) is 8.50. The van der Waals surface area contributed by atoms with Crippen LogP contribution in [0.4, 0.5) is 16.2 Å². The first-order valence-electron chi connectivity index (χ1n) is 8.50. The van der Waals surface area contributed by atoms with Crippen LogP contribution in [0.25, 0.3) is 10.9 Å². The van der Waals surface area contributed by atoms with Crippen LogP contribution in [0.5, 0.6) is 0 Å². The molecule has 0 bridgehead atoms. The number of hydrogen-bond donors (Lipinski definition) is 2. The summed E-state index contributed by atoms with van der Waals surface area (Å²) >= 11 is 0. The summed E-state index contributed by atoms with van der Waals surface area (Å²) in [7, 11) is 0. The highest BCUT2D eigenvalue weighted by molar-refractivity contribution is 5.90. The zero-order valence-corrected chi connectivity index (χ0v) is 13.9. The van der Waals surface area contributed by atoms with Crippen LogP contribution < -0.4 is 15.5 Å². The largest absolute Gasteiger partial charge is 0.365 e. The number of rotatable bonds is 4. The quantitative estimate of drug-likeness (QED) is 0.767. The summed E-state index contributed by atoms with van der Waals surface area (Å²) in [5.74, 6) is 1.34. The molecular weight excluding hydrogens is 317 g/mol. The molecule has 5 nitrogen and oxygen atoms in total. The molecule has 6 heteroatoms. The van der Waals surface area contributed by atoms with Crippen LogP contribution in [0.2, 0.25) is 0 Å². The molecule has 0 unspecified atom stereocenters. The lowest BCUT2D eigenvalue weighted by Gasteiger charge is -2.28. The van der Waals surface area contributed by atoms with E-state index in [4.69, 9.17) is 9.97 Å². The number of para-hydroxylation sites is 1. The number of aromatic nitrogens is 2. The van der Waals surface area contributed by atoms with Gasteiger partial charge in [0.25, 0.3) is 0 Å². The fourth-order valence-electron chi connectivity index (χ4n) is 2.99. The van der Waals surface area contributed by atoms with E-state index in [2.05, 4.69) is 15.5 Å². The van der Waals surface area contributed by atoms with Gasteiger partial charge in [-0.25, -0.2) is 9.37 Å². The lowest BCUT2D eigenvalue weighted by molar-refractivity contribution is 0.580. The van der Waals surface area contributed by atoms with Crippen molar-refractivity contribution >= 4 is 22.7 Å². The number of nitrogens with zero attached hydrogens (tertiary/aromatic N) is 3. The van der Waals surface area contributed by atoms with Crippen molar-refractivity contribution in [1.29, 1.82) is 0 Å². The fourth-order valence-corrected chi connectivity index (χ4v) is 2.99. The Hall–Kier alpha value is -2.73. The molecule has 1 saturated heterocycles. The maximum absolute atomic E-state index is 13.1. The summed E-state index contributed by atoms with van der Waals surface area (Å²) in [6, 6.07) is 14.5. The predicted molar refractivity (Wildman–Crippen MR) is 98.3 cm³/mol. The van der Waals surface area contributed by atoms with Gasteiger partial charge in [-0.15, -0.1) is 0 Å². The van der Waals surface area contributed by atoms with E-state index in [0.29, 0.717) is 6.54 Å². The maximum atomic E-state index is 13.1. The second-order valence-corrected chi connectivity index (χ2v) is 6.11. The van der Waals surface area contributed by atoms with Crippen LogP contribution in [0, 0.1) is 5.82 Å². The van der Waals surface area contributed by atoms with Gasteiger partial charge in [0.2, 0.25) is 5.95 Å². The topological polar surface area (TPSA) is 53.1 Å². The maximum Gasteiger partial charge on any atom is 0.227 e. The number of hydrogen-bond acceptors (Lipinski definition) is 5. The second-order valence-electron chi connectivity index (χ2n) is 6.11. The van der Waals surface area contributed by atoms with E-state index in [-0.39, 0.29) is 5.82 Å². The van der Waals surface area contributed by atoms with Gasteiger partial charge in [0.15, 0.2) is 0 Å². The van der Waals surface area contributed by atoms with Gasteiger partial charge in [-0.05, 0) is 29.8 Å². The SMILES string of the molecule is Fc1ccc(CNc2nc(N3CCNCC3)nc3ccccc23)cc1. The Morgan fingerprint density at radius 3 is 2.56 bits per heavy atom. The molecule has 3 aromatic rings. The van der Waals surface area contributed by atoms with E-state index in [1.54, 1.807) is 12.1 Å². The van der Waals surface area contributed by atoms with E-state index < -0.39 is 0 Å². The monoisotopic (exact) mass is 337 g/mol. The number of benzene rings is 2. The van der Waals surface area contributed by atoms with E-state index in [9.17, 15) is 4.39 Å². The molecule has 1 fully saturated rings. The molecule has 0 aliphatic carbocycles. The molecule has 128 valence electrons. The minimum Gasteiger partial charge on any atom is -0.365 e. The number of halogens is 1. The van der Waals surface area contributed by atoms with E-state index in [1.165, 1.54) is 12.1 Å². The Bertz CT molecular complexity index is 859. The van der Waals surface area contributed by atoms with Crippen molar-refractivity contribution < 1.29 is 4.39 Å². The molecular formula is C19H20FN5. The molecule has 2 N–H and O–H groups in total. The Labute approximate surface area is 145 Å². The zero-order chi connectivity index (χ0) is 17.1. The molecule has 2 heterocycles. The molecule has 0 spiro atoms. The smallest absolute Gasteiger partial charge is 0.227 e. The normalized spacial score (nSPS) is 14.7. The Kier molecular flexibility index (Phi) is 4.43. The first-order chi connectivity index (χ1) is 12.3. The van der Waals surface area contributed by atoms with Gasteiger partial charge < -0.3 is 15.5 Å². The standard InChI is InChI=1S/C19H20FN5/c20-15-7-5-14(6-8-15)13-22-18-16-3-1-2-4-17(16)23-19(24-18)25-11-9-21-10-12-25/h1-8,21H,9-13H2,(H,22,23,24). The minimum atomic E-state index is -0.225.